The summed E-state index contributed by atoms with van der Waals surface area (Å²) in [4.78, 5) is 16.1. The summed E-state index contributed by atoms with van der Waals surface area (Å²) in [6, 6.07) is 5.63. The minimum Gasteiger partial charge on any atom is -0.490 e. The van der Waals surface area contributed by atoms with E-state index in [0.29, 0.717) is 46.7 Å². The lowest BCUT2D eigenvalue weighted by molar-refractivity contribution is 0.0701. The second-order valence-electron chi connectivity index (χ2n) is 5.25. The summed E-state index contributed by atoms with van der Waals surface area (Å²) >= 11 is 1.19. The van der Waals surface area contributed by atoms with Gasteiger partial charge in [0, 0.05) is 5.56 Å². The number of hydrogen-bond donors (Lipinski definition) is 1. The van der Waals surface area contributed by atoms with Gasteiger partial charge in [0.2, 0.25) is 0 Å². The van der Waals surface area contributed by atoms with Crippen LogP contribution in [0.2, 0.25) is 0 Å². The average Bonchev–Trinajstić information content (AvgIpc) is 3.01. The van der Waals surface area contributed by atoms with Crippen molar-refractivity contribution in [3.63, 3.8) is 0 Å². The number of rotatable bonds is 9. The second kappa shape index (κ2) is 8.68. The minimum absolute atomic E-state index is 0.300. The van der Waals surface area contributed by atoms with Gasteiger partial charge < -0.3 is 14.6 Å². The first-order valence-corrected chi connectivity index (χ1v) is 9.05. The van der Waals surface area contributed by atoms with E-state index in [1.165, 1.54) is 11.3 Å². The molecule has 0 amide bonds. The lowest BCUT2D eigenvalue weighted by Crippen LogP contribution is -2.00. The van der Waals surface area contributed by atoms with E-state index in [1.54, 1.807) is 0 Å². The van der Waals surface area contributed by atoms with E-state index in [2.05, 4.69) is 11.9 Å². The van der Waals surface area contributed by atoms with Gasteiger partial charge in [0.15, 0.2) is 11.5 Å². The Morgan fingerprint density at radius 3 is 2.58 bits per heavy atom. The average molecular weight is 349 g/mol. The van der Waals surface area contributed by atoms with Crippen molar-refractivity contribution < 1.29 is 19.4 Å². The number of hydrogen-bond acceptors (Lipinski definition) is 5. The Labute approximate surface area is 146 Å². The number of aromatic carboxylic acids is 1. The predicted octanol–water partition coefficient (Wildman–Crippen LogP) is 4.65. The number of thiazole rings is 1. The molecule has 0 spiro atoms. The molecule has 130 valence electrons. The van der Waals surface area contributed by atoms with Crippen molar-refractivity contribution in [2.24, 2.45) is 0 Å². The van der Waals surface area contributed by atoms with Crippen LogP contribution in [0.3, 0.4) is 0 Å². The van der Waals surface area contributed by atoms with Crippen molar-refractivity contribution >= 4 is 17.3 Å². The first-order chi connectivity index (χ1) is 11.6. The van der Waals surface area contributed by atoms with Crippen LogP contribution in [-0.4, -0.2) is 29.3 Å². The Kier molecular flexibility index (Phi) is 6.61. The van der Waals surface area contributed by atoms with Crippen LogP contribution in [0.25, 0.3) is 10.6 Å². The summed E-state index contributed by atoms with van der Waals surface area (Å²) in [6.07, 6.45) is 2.65. The molecular formula is C18H23NO4S. The van der Waals surface area contributed by atoms with Crippen LogP contribution < -0.4 is 9.47 Å². The standard InChI is InChI=1S/C18H23NO4S/c1-4-7-10-23-14-9-8-12(11-15(14)22-6-3)17-19-13(5-2)16(24-17)18(20)21/h8-9,11H,4-7,10H2,1-3H3,(H,20,21). The normalized spacial score (nSPS) is 10.6. The van der Waals surface area contributed by atoms with Crippen molar-refractivity contribution in [1.82, 2.24) is 4.98 Å². The number of aryl methyl sites for hydroxylation is 1. The highest BCUT2D eigenvalue weighted by Gasteiger charge is 2.18. The molecule has 0 saturated heterocycles. The maximum atomic E-state index is 11.3. The number of carboxylic acids is 1. The molecule has 1 aromatic carbocycles. The zero-order chi connectivity index (χ0) is 17.5. The molecule has 2 aromatic rings. The largest absolute Gasteiger partial charge is 0.490 e. The molecule has 0 aliphatic rings. The molecule has 1 aromatic heterocycles. The molecule has 6 heteroatoms. The van der Waals surface area contributed by atoms with Gasteiger partial charge in [-0.2, -0.15) is 0 Å². The van der Waals surface area contributed by atoms with Crippen LogP contribution in [-0.2, 0) is 6.42 Å². The Hall–Kier alpha value is -2.08. The number of ether oxygens (including phenoxy) is 2. The van der Waals surface area contributed by atoms with Gasteiger partial charge in [0.05, 0.1) is 18.9 Å². The molecule has 0 unspecified atom stereocenters. The Balaban J connectivity index is 2.33. The van der Waals surface area contributed by atoms with Crippen LogP contribution >= 0.6 is 11.3 Å². The molecule has 1 heterocycles. The highest BCUT2D eigenvalue weighted by molar-refractivity contribution is 7.17. The van der Waals surface area contributed by atoms with Gasteiger partial charge in [0.25, 0.3) is 0 Å². The number of nitrogens with zero attached hydrogens (tertiary/aromatic N) is 1. The molecule has 2 rings (SSSR count). The van der Waals surface area contributed by atoms with Crippen molar-refractivity contribution in [2.75, 3.05) is 13.2 Å². The van der Waals surface area contributed by atoms with Crippen LogP contribution in [0, 0.1) is 0 Å². The van der Waals surface area contributed by atoms with E-state index in [9.17, 15) is 9.90 Å². The highest BCUT2D eigenvalue weighted by Crippen LogP contribution is 2.35. The monoisotopic (exact) mass is 349 g/mol. The van der Waals surface area contributed by atoms with Crippen LogP contribution in [0.5, 0.6) is 11.5 Å². The van der Waals surface area contributed by atoms with Crippen LogP contribution in [0.1, 0.15) is 49.0 Å². The van der Waals surface area contributed by atoms with Gasteiger partial charge >= 0.3 is 5.97 Å². The second-order valence-corrected chi connectivity index (χ2v) is 6.25. The van der Waals surface area contributed by atoms with Gasteiger partial charge in [-0.15, -0.1) is 11.3 Å². The smallest absolute Gasteiger partial charge is 0.347 e. The van der Waals surface area contributed by atoms with E-state index in [-0.39, 0.29) is 0 Å². The summed E-state index contributed by atoms with van der Waals surface area (Å²) < 4.78 is 11.4. The quantitative estimate of drug-likeness (QED) is 0.668. The van der Waals surface area contributed by atoms with Gasteiger partial charge in [-0.05, 0) is 38.0 Å². The zero-order valence-electron chi connectivity index (χ0n) is 14.3. The van der Waals surface area contributed by atoms with E-state index in [1.807, 2.05) is 32.0 Å². The maximum Gasteiger partial charge on any atom is 0.347 e. The third-order valence-electron chi connectivity index (χ3n) is 3.47. The molecule has 0 aliphatic carbocycles. The minimum atomic E-state index is -0.930. The third-order valence-corrected chi connectivity index (χ3v) is 4.61. The first-order valence-electron chi connectivity index (χ1n) is 8.23. The summed E-state index contributed by atoms with van der Waals surface area (Å²) in [5.74, 6) is 0.441. The number of carboxylic acid groups (broad SMARTS) is 1. The SMILES string of the molecule is CCCCOc1ccc(-c2nc(CC)c(C(=O)O)s2)cc1OCC. The number of benzene rings is 1. The van der Waals surface area contributed by atoms with Gasteiger partial charge in [-0.25, -0.2) is 9.78 Å². The van der Waals surface area contributed by atoms with Crippen LogP contribution in [0.4, 0.5) is 0 Å². The van der Waals surface area contributed by atoms with E-state index >= 15 is 0 Å². The maximum absolute atomic E-state index is 11.3. The molecule has 0 fully saturated rings. The van der Waals surface area contributed by atoms with Crippen molar-refractivity contribution in [1.29, 1.82) is 0 Å². The predicted molar refractivity (Wildman–Crippen MR) is 95.5 cm³/mol. The fourth-order valence-corrected chi connectivity index (χ4v) is 3.23. The molecule has 24 heavy (non-hydrogen) atoms. The zero-order valence-corrected chi connectivity index (χ0v) is 15.1. The summed E-state index contributed by atoms with van der Waals surface area (Å²) in [5.41, 5.74) is 1.46. The van der Waals surface area contributed by atoms with Gasteiger partial charge in [0.1, 0.15) is 9.88 Å². The molecule has 0 aliphatic heterocycles. The number of carbonyl (C=O) groups is 1. The lowest BCUT2D eigenvalue weighted by Gasteiger charge is -2.12. The molecule has 1 N–H and O–H groups in total. The third kappa shape index (κ3) is 4.26. The molecule has 0 radical (unpaired) electrons. The summed E-state index contributed by atoms with van der Waals surface area (Å²) in [6.45, 7) is 7.12. The molecule has 0 bridgehead atoms. The fraction of sp³-hybridized carbons (Fsp3) is 0.444. The number of aromatic nitrogens is 1. The Bertz CT molecular complexity index is 696. The lowest BCUT2D eigenvalue weighted by atomic mass is 10.2. The fourth-order valence-electron chi connectivity index (χ4n) is 2.24. The topological polar surface area (TPSA) is 68.7 Å². The van der Waals surface area contributed by atoms with E-state index in [0.717, 1.165) is 18.4 Å². The van der Waals surface area contributed by atoms with Crippen molar-refractivity contribution in [3.05, 3.63) is 28.8 Å². The summed E-state index contributed by atoms with van der Waals surface area (Å²) in [5, 5.41) is 9.97. The molecule has 0 saturated carbocycles. The molecule has 5 nitrogen and oxygen atoms in total. The van der Waals surface area contributed by atoms with Gasteiger partial charge in [-0.3, -0.25) is 0 Å². The summed E-state index contributed by atoms with van der Waals surface area (Å²) in [7, 11) is 0. The molecular weight excluding hydrogens is 326 g/mol. The first kappa shape index (κ1) is 18.3. The van der Waals surface area contributed by atoms with Crippen LogP contribution in [0.15, 0.2) is 18.2 Å². The van der Waals surface area contributed by atoms with E-state index < -0.39 is 5.97 Å². The van der Waals surface area contributed by atoms with Gasteiger partial charge in [-0.1, -0.05) is 20.3 Å². The molecule has 0 atom stereocenters. The Morgan fingerprint density at radius 2 is 2.00 bits per heavy atom. The highest BCUT2D eigenvalue weighted by atomic mass is 32.1. The van der Waals surface area contributed by atoms with Crippen molar-refractivity contribution in [2.45, 2.75) is 40.0 Å². The van der Waals surface area contributed by atoms with Crippen molar-refractivity contribution in [3.8, 4) is 22.1 Å². The van der Waals surface area contributed by atoms with E-state index in [4.69, 9.17) is 9.47 Å². The Morgan fingerprint density at radius 1 is 1.21 bits per heavy atom. The number of unbranched alkanes of at least 4 members (excludes halogenated alkanes) is 1.